The molecule has 2 aromatic rings. The maximum atomic E-state index is 12.7. The molecule has 1 unspecified atom stereocenters. The summed E-state index contributed by atoms with van der Waals surface area (Å²) in [5, 5.41) is 10.5. The number of hydrogen-bond donors (Lipinski definition) is 3. The van der Waals surface area contributed by atoms with Crippen molar-refractivity contribution in [3.05, 3.63) is 65.2 Å². The molecule has 2 amide bonds. The van der Waals surface area contributed by atoms with Gasteiger partial charge in [0.15, 0.2) is 0 Å². The quantitative estimate of drug-likeness (QED) is 0.415. The third kappa shape index (κ3) is 5.47. The first-order valence-corrected chi connectivity index (χ1v) is 12.1. The number of carbonyl (C=O) groups is 2. The smallest absolute Gasteiger partial charge is 0.251 e. The summed E-state index contributed by atoms with van der Waals surface area (Å²) in [4.78, 5) is 29.6. The van der Waals surface area contributed by atoms with E-state index in [1.165, 1.54) is 31.5 Å². The first-order valence-electron chi connectivity index (χ1n) is 12.1. The van der Waals surface area contributed by atoms with Crippen LogP contribution < -0.4 is 16.0 Å². The van der Waals surface area contributed by atoms with Gasteiger partial charge in [0.2, 0.25) is 5.91 Å². The average Bonchev–Trinajstić information content (AvgIpc) is 3.46. The monoisotopic (exact) mass is 461 g/mol. The van der Waals surface area contributed by atoms with Gasteiger partial charge in [0.25, 0.3) is 5.91 Å². The molecular formula is C27H35N5O2. The van der Waals surface area contributed by atoms with Gasteiger partial charge in [0.1, 0.15) is 5.84 Å². The third-order valence-electron chi connectivity index (χ3n) is 6.97. The lowest BCUT2D eigenvalue weighted by Gasteiger charge is -2.31. The van der Waals surface area contributed by atoms with Gasteiger partial charge in [-0.25, -0.2) is 0 Å². The van der Waals surface area contributed by atoms with Crippen LogP contribution >= 0.6 is 0 Å². The summed E-state index contributed by atoms with van der Waals surface area (Å²) < 4.78 is 0. The topological polar surface area (TPSA) is 103 Å². The molecule has 7 heteroatoms. The number of nitrogens with one attached hydrogen (secondary N) is 2. The molecule has 0 radical (unpaired) electrons. The number of hydrogen-bond acceptors (Lipinski definition) is 4. The minimum atomic E-state index is -0.224. The molecule has 180 valence electrons. The minimum Gasteiger partial charge on any atom is -0.384 e. The Morgan fingerprint density at radius 2 is 1.79 bits per heavy atom. The highest BCUT2D eigenvalue weighted by molar-refractivity contribution is 6.00. The van der Waals surface area contributed by atoms with Gasteiger partial charge in [-0.3, -0.25) is 15.0 Å². The summed E-state index contributed by atoms with van der Waals surface area (Å²) >= 11 is 0. The van der Waals surface area contributed by atoms with Crippen LogP contribution in [-0.4, -0.2) is 55.3 Å². The number of nitrogen functional groups attached to an aromatic ring is 1. The summed E-state index contributed by atoms with van der Waals surface area (Å²) in [5.74, 6) is -0.156. The van der Waals surface area contributed by atoms with Crippen molar-refractivity contribution in [3.63, 3.8) is 0 Å². The number of amides is 2. The van der Waals surface area contributed by atoms with Gasteiger partial charge >= 0.3 is 0 Å². The van der Waals surface area contributed by atoms with Crippen LogP contribution in [0.5, 0.6) is 0 Å². The molecular weight excluding hydrogens is 426 g/mol. The summed E-state index contributed by atoms with van der Waals surface area (Å²) in [6.07, 6.45) is 2.99. The van der Waals surface area contributed by atoms with Gasteiger partial charge in [-0.1, -0.05) is 38.1 Å². The Labute approximate surface area is 201 Å². The van der Waals surface area contributed by atoms with Gasteiger partial charge in [-0.05, 0) is 55.8 Å². The fourth-order valence-corrected chi connectivity index (χ4v) is 5.02. The van der Waals surface area contributed by atoms with E-state index in [1.54, 1.807) is 24.3 Å². The summed E-state index contributed by atoms with van der Waals surface area (Å²) in [5.41, 5.74) is 8.75. The number of benzene rings is 2. The predicted molar refractivity (Wildman–Crippen MR) is 135 cm³/mol. The number of nitrogens with two attached hydrogens (primary N) is 1. The number of rotatable bonds is 8. The Morgan fingerprint density at radius 1 is 1.12 bits per heavy atom. The molecule has 2 aliphatic heterocycles. The van der Waals surface area contributed by atoms with Crippen molar-refractivity contribution < 1.29 is 9.59 Å². The number of nitrogens with zero attached hydrogens (tertiary/aromatic N) is 2. The molecule has 7 nitrogen and oxygen atoms in total. The van der Waals surface area contributed by atoms with E-state index in [1.807, 2.05) is 17.0 Å². The third-order valence-corrected chi connectivity index (χ3v) is 6.97. The Hall–Kier alpha value is -3.19. The molecule has 0 saturated carbocycles. The summed E-state index contributed by atoms with van der Waals surface area (Å²) in [6.45, 7) is 8.99. The second-order valence-corrected chi connectivity index (χ2v) is 10.2. The Bertz CT molecular complexity index is 1060. The van der Waals surface area contributed by atoms with Crippen LogP contribution in [0.4, 0.5) is 5.69 Å². The second-order valence-electron chi connectivity index (χ2n) is 10.2. The summed E-state index contributed by atoms with van der Waals surface area (Å²) in [6, 6.07) is 15.1. The van der Waals surface area contributed by atoms with Gasteiger partial charge in [0.05, 0.1) is 0 Å². The molecule has 0 spiro atoms. The van der Waals surface area contributed by atoms with E-state index in [-0.39, 0.29) is 29.0 Å². The maximum absolute atomic E-state index is 12.7. The standard InChI is InChI=1S/C27H35N5O2/c1-27(2,18-31-12-3-4-13-31)22-8-10-23(11-9-22)32-17-19(14-24(32)33)16-30-26(34)21-7-5-6-20(15-21)25(28)29/h5-11,15,19H,3-4,12-14,16-18H2,1-2H3,(H3,28,29)(H,30,34). The maximum Gasteiger partial charge on any atom is 0.251 e. The Kier molecular flexibility index (Phi) is 7.03. The van der Waals surface area contributed by atoms with Crippen molar-refractivity contribution in [3.8, 4) is 0 Å². The van der Waals surface area contributed by atoms with Crippen LogP contribution in [0.1, 0.15) is 54.6 Å². The van der Waals surface area contributed by atoms with E-state index in [4.69, 9.17) is 11.1 Å². The van der Waals surface area contributed by atoms with Crippen LogP contribution in [0.25, 0.3) is 0 Å². The van der Waals surface area contributed by atoms with E-state index >= 15 is 0 Å². The lowest BCUT2D eigenvalue weighted by molar-refractivity contribution is -0.117. The van der Waals surface area contributed by atoms with Gasteiger partial charge < -0.3 is 20.9 Å². The molecule has 0 aromatic heterocycles. The number of carbonyl (C=O) groups excluding carboxylic acids is 2. The zero-order valence-electron chi connectivity index (χ0n) is 20.1. The molecule has 2 aliphatic rings. The molecule has 2 aromatic carbocycles. The largest absolute Gasteiger partial charge is 0.384 e. The molecule has 1 atom stereocenters. The van der Waals surface area contributed by atoms with Crippen molar-refractivity contribution in [1.29, 1.82) is 5.41 Å². The van der Waals surface area contributed by atoms with E-state index in [9.17, 15) is 9.59 Å². The number of anilines is 1. The Morgan fingerprint density at radius 3 is 2.47 bits per heavy atom. The van der Waals surface area contributed by atoms with E-state index in [2.05, 4.69) is 36.2 Å². The van der Waals surface area contributed by atoms with Gasteiger partial charge in [0, 0.05) is 54.2 Å². The van der Waals surface area contributed by atoms with Crippen LogP contribution in [-0.2, 0) is 10.2 Å². The summed E-state index contributed by atoms with van der Waals surface area (Å²) in [7, 11) is 0. The highest BCUT2D eigenvalue weighted by Crippen LogP contribution is 2.30. The van der Waals surface area contributed by atoms with Crippen LogP contribution in [0.2, 0.25) is 0 Å². The average molecular weight is 462 g/mol. The molecule has 4 rings (SSSR count). The van der Waals surface area contributed by atoms with E-state index in [0.717, 1.165) is 12.2 Å². The highest BCUT2D eigenvalue weighted by atomic mass is 16.2. The zero-order chi connectivity index (χ0) is 24.3. The number of likely N-dealkylation sites (tertiary alicyclic amines) is 1. The Balaban J connectivity index is 1.33. The highest BCUT2D eigenvalue weighted by Gasteiger charge is 2.31. The van der Waals surface area contributed by atoms with Crippen LogP contribution in [0.3, 0.4) is 0 Å². The normalized spacial score (nSPS) is 18.9. The van der Waals surface area contributed by atoms with Crippen molar-refractivity contribution in [2.75, 3.05) is 37.6 Å². The lowest BCUT2D eigenvalue weighted by atomic mass is 9.84. The van der Waals surface area contributed by atoms with E-state index in [0.29, 0.717) is 30.6 Å². The number of amidine groups is 1. The molecule has 34 heavy (non-hydrogen) atoms. The first kappa shape index (κ1) is 24.0. The molecule has 2 heterocycles. The minimum absolute atomic E-state index is 0.0544. The van der Waals surface area contributed by atoms with Crippen molar-refractivity contribution >= 4 is 23.3 Å². The van der Waals surface area contributed by atoms with Crippen molar-refractivity contribution in [2.45, 2.75) is 38.5 Å². The van der Waals surface area contributed by atoms with Gasteiger partial charge in [-0.15, -0.1) is 0 Å². The molecule has 4 N–H and O–H groups in total. The van der Waals surface area contributed by atoms with E-state index < -0.39 is 0 Å². The molecule has 0 aliphatic carbocycles. The van der Waals surface area contributed by atoms with Crippen molar-refractivity contribution in [2.24, 2.45) is 11.7 Å². The van der Waals surface area contributed by atoms with Crippen molar-refractivity contribution in [1.82, 2.24) is 10.2 Å². The molecule has 2 saturated heterocycles. The SMILES string of the molecule is CC(C)(CN1CCCC1)c1ccc(N2CC(CNC(=O)c3cccc(C(=N)N)c3)CC2=O)cc1. The molecule has 0 bridgehead atoms. The fourth-order valence-electron chi connectivity index (χ4n) is 5.02. The first-order chi connectivity index (χ1) is 16.2. The predicted octanol–water partition coefficient (Wildman–Crippen LogP) is 3.13. The van der Waals surface area contributed by atoms with Crippen LogP contribution in [0.15, 0.2) is 48.5 Å². The second kappa shape index (κ2) is 9.97. The fraction of sp³-hybridized carbons (Fsp3) is 0.444. The lowest BCUT2D eigenvalue weighted by Crippen LogP contribution is -2.35. The van der Waals surface area contributed by atoms with Gasteiger partial charge in [-0.2, -0.15) is 0 Å². The zero-order valence-corrected chi connectivity index (χ0v) is 20.1. The molecule has 2 fully saturated rings. The van der Waals surface area contributed by atoms with Crippen LogP contribution in [0, 0.1) is 11.3 Å².